The zero-order valence-corrected chi connectivity index (χ0v) is 15.8. The van der Waals surface area contributed by atoms with Crippen LogP contribution in [0, 0.1) is 5.92 Å². The number of rotatable bonds is 5. The summed E-state index contributed by atoms with van der Waals surface area (Å²) in [5.74, 6) is 1.13. The summed E-state index contributed by atoms with van der Waals surface area (Å²) in [6.45, 7) is 4.06. The van der Waals surface area contributed by atoms with E-state index < -0.39 is 0 Å². The number of piperidine rings is 1. The van der Waals surface area contributed by atoms with E-state index in [0.29, 0.717) is 23.3 Å². The van der Waals surface area contributed by atoms with Crippen LogP contribution in [0.15, 0.2) is 48.7 Å². The average Bonchev–Trinajstić information content (AvgIpc) is 3.00. The number of anilines is 1. The fraction of sp³-hybridized carbons (Fsp3) is 0.455. The second kappa shape index (κ2) is 8.09. The molecule has 2 bridgehead atoms. The van der Waals surface area contributed by atoms with Gasteiger partial charge in [-0.25, -0.2) is 4.98 Å². The van der Waals surface area contributed by atoms with E-state index in [9.17, 15) is 4.79 Å². The lowest BCUT2D eigenvalue weighted by molar-refractivity contribution is 0.0585. The van der Waals surface area contributed by atoms with Crippen molar-refractivity contribution in [1.82, 2.24) is 14.8 Å². The van der Waals surface area contributed by atoms with E-state index >= 15 is 0 Å². The molecule has 3 fully saturated rings. The molecule has 5 nitrogen and oxygen atoms in total. The molecule has 0 saturated carbocycles. The number of aryl methyl sites for hydroxylation is 1. The molecule has 4 heterocycles. The van der Waals surface area contributed by atoms with Crippen LogP contribution in [-0.2, 0) is 6.42 Å². The van der Waals surface area contributed by atoms with Crippen molar-refractivity contribution in [2.24, 2.45) is 5.92 Å². The van der Waals surface area contributed by atoms with Gasteiger partial charge in [0.15, 0.2) is 0 Å². The number of carbonyl (C=O) groups excluding carboxylic acids is 1. The third kappa shape index (κ3) is 4.30. The minimum absolute atomic E-state index is 0.100. The molecular formula is C22H28N4O. The largest absolute Gasteiger partial charge is 0.384 e. The number of hydrogen-bond donors (Lipinski definition) is 1. The molecule has 0 unspecified atom stereocenters. The first-order chi connectivity index (χ1) is 13.2. The molecule has 0 spiro atoms. The van der Waals surface area contributed by atoms with Gasteiger partial charge in [0.2, 0.25) is 0 Å². The molecule has 3 saturated heterocycles. The van der Waals surface area contributed by atoms with Crippen LogP contribution in [0.2, 0.25) is 0 Å². The quantitative estimate of drug-likeness (QED) is 0.886. The zero-order chi connectivity index (χ0) is 18.6. The molecular weight excluding hydrogens is 336 g/mol. The third-order valence-corrected chi connectivity index (χ3v) is 5.87. The van der Waals surface area contributed by atoms with Crippen LogP contribution in [0.3, 0.4) is 0 Å². The Kier molecular flexibility index (Phi) is 5.39. The summed E-state index contributed by atoms with van der Waals surface area (Å²) in [4.78, 5) is 21.7. The van der Waals surface area contributed by atoms with Crippen LogP contribution in [-0.4, -0.2) is 52.9 Å². The SMILES string of the molecule is Nc1ccc(C(=O)N2C[C@H]3CC[C@@H]2CN(CCCc2ccccc2)C3)cn1. The molecule has 3 aliphatic rings. The Morgan fingerprint density at radius 1 is 1.07 bits per heavy atom. The highest BCUT2D eigenvalue weighted by Gasteiger charge is 2.37. The monoisotopic (exact) mass is 364 g/mol. The number of nitrogens with two attached hydrogens (primary N) is 1. The Hall–Kier alpha value is -2.40. The molecule has 3 aliphatic heterocycles. The Labute approximate surface area is 161 Å². The Morgan fingerprint density at radius 3 is 2.70 bits per heavy atom. The molecule has 2 aromatic rings. The molecule has 142 valence electrons. The summed E-state index contributed by atoms with van der Waals surface area (Å²) in [7, 11) is 0. The maximum Gasteiger partial charge on any atom is 0.255 e. The lowest BCUT2D eigenvalue weighted by Gasteiger charge is -2.36. The molecule has 0 radical (unpaired) electrons. The number of fused-ring (bicyclic) bond motifs is 4. The number of amides is 1. The first-order valence-electron chi connectivity index (χ1n) is 9.98. The highest BCUT2D eigenvalue weighted by atomic mass is 16.2. The van der Waals surface area contributed by atoms with Gasteiger partial charge in [-0.1, -0.05) is 30.3 Å². The number of carbonyl (C=O) groups is 1. The Balaban J connectivity index is 1.37. The molecule has 1 amide bonds. The van der Waals surface area contributed by atoms with Crippen LogP contribution < -0.4 is 5.73 Å². The predicted molar refractivity (Wildman–Crippen MR) is 107 cm³/mol. The topological polar surface area (TPSA) is 62.5 Å². The van der Waals surface area contributed by atoms with Gasteiger partial charge in [0.05, 0.1) is 5.56 Å². The van der Waals surface area contributed by atoms with Crippen molar-refractivity contribution in [3.05, 3.63) is 59.8 Å². The third-order valence-electron chi connectivity index (χ3n) is 5.87. The normalized spacial score (nSPS) is 22.6. The van der Waals surface area contributed by atoms with Crippen molar-refractivity contribution in [2.75, 3.05) is 31.9 Å². The van der Waals surface area contributed by atoms with Gasteiger partial charge < -0.3 is 15.5 Å². The number of aromatic nitrogens is 1. The van der Waals surface area contributed by atoms with E-state index in [-0.39, 0.29) is 5.91 Å². The highest BCUT2D eigenvalue weighted by Crippen LogP contribution is 2.29. The Morgan fingerprint density at radius 2 is 1.93 bits per heavy atom. The van der Waals surface area contributed by atoms with Gasteiger partial charge >= 0.3 is 0 Å². The maximum atomic E-state index is 13.0. The second-order valence-electron chi connectivity index (χ2n) is 7.88. The first-order valence-corrected chi connectivity index (χ1v) is 9.98. The van der Waals surface area contributed by atoms with Crippen molar-refractivity contribution in [2.45, 2.75) is 31.7 Å². The van der Waals surface area contributed by atoms with E-state index in [0.717, 1.165) is 39.0 Å². The summed E-state index contributed by atoms with van der Waals surface area (Å²) in [5, 5.41) is 0. The number of benzene rings is 1. The Bertz CT molecular complexity index is 762. The molecule has 2 atom stereocenters. The molecule has 2 N–H and O–H groups in total. The van der Waals surface area contributed by atoms with Gasteiger partial charge in [0.1, 0.15) is 5.82 Å². The zero-order valence-electron chi connectivity index (χ0n) is 15.8. The molecule has 1 aromatic heterocycles. The summed E-state index contributed by atoms with van der Waals surface area (Å²) < 4.78 is 0. The van der Waals surface area contributed by atoms with Crippen LogP contribution in [0.25, 0.3) is 0 Å². The van der Waals surface area contributed by atoms with Crippen LogP contribution in [0.4, 0.5) is 5.82 Å². The van der Waals surface area contributed by atoms with Crippen molar-refractivity contribution in [3.8, 4) is 0 Å². The van der Waals surface area contributed by atoms with Crippen molar-refractivity contribution in [1.29, 1.82) is 0 Å². The molecule has 0 aliphatic carbocycles. The van der Waals surface area contributed by atoms with Gasteiger partial charge in [-0.3, -0.25) is 4.79 Å². The second-order valence-corrected chi connectivity index (χ2v) is 7.88. The highest BCUT2D eigenvalue weighted by molar-refractivity contribution is 5.94. The summed E-state index contributed by atoms with van der Waals surface area (Å²) in [6, 6.07) is 14.5. The molecule has 27 heavy (non-hydrogen) atoms. The van der Waals surface area contributed by atoms with Crippen LogP contribution in [0.5, 0.6) is 0 Å². The van der Waals surface area contributed by atoms with Gasteiger partial charge in [0.25, 0.3) is 5.91 Å². The molecule has 5 rings (SSSR count). The number of hydrogen-bond acceptors (Lipinski definition) is 4. The minimum Gasteiger partial charge on any atom is -0.384 e. The van der Waals surface area contributed by atoms with E-state index in [4.69, 9.17) is 5.73 Å². The van der Waals surface area contributed by atoms with Gasteiger partial charge in [-0.05, 0) is 55.8 Å². The standard InChI is InChI=1S/C22H28N4O/c23-21-11-9-19(13-24-21)22(27)26-15-18-8-10-20(26)16-25(14-18)12-4-7-17-5-2-1-3-6-17/h1-3,5-6,9,11,13,18,20H,4,7-8,10,12,14-16H2,(H2,23,24)/t18-,20+/m0/s1. The lowest BCUT2D eigenvalue weighted by Crippen LogP contribution is -2.47. The van der Waals surface area contributed by atoms with Gasteiger partial charge in [-0.15, -0.1) is 0 Å². The summed E-state index contributed by atoms with van der Waals surface area (Å²) in [6.07, 6.45) is 6.22. The minimum atomic E-state index is 0.100. The fourth-order valence-electron chi connectivity index (χ4n) is 4.46. The maximum absolute atomic E-state index is 13.0. The van der Waals surface area contributed by atoms with Gasteiger partial charge in [-0.2, -0.15) is 0 Å². The number of nitrogens with zero attached hydrogens (tertiary/aromatic N) is 3. The van der Waals surface area contributed by atoms with E-state index in [2.05, 4.69) is 45.1 Å². The summed E-state index contributed by atoms with van der Waals surface area (Å²) >= 11 is 0. The predicted octanol–water partition coefficient (Wildman–Crippen LogP) is 2.83. The number of pyridine rings is 1. The van der Waals surface area contributed by atoms with E-state index in [1.54, 1.807) is 18.3 Å². The lowest BCUT2D eigenvalue weighted by atomic mass is 9.94. The first kappa shape index (κ1) is 18.0. The van der Waals surface area contributed by atoms with Crippen LogP contribution in [0.1, 0.15) is 35.2 Å². The van der Waals surface area contributed by atoms with Gasteiger partial charge in [0, 0.05) is 31.9 Å². The fourth-order valence-corrected chi connectivity index (χ4v) is 4.46. The van der Waals surface area contributed by atoms with Crippen molar-refractivity contribution in [3.63, 3.8) is 0 Å². The average molecular weight is 364 g/mol. The molecule has 1 aromatic carbocycles. The van der Waals surface area contributed by atoms with Crippen LogP contribution >= 0.6 is 0 Å². The van der Waals surface area contributed by atoms with Crippen molar-refractivity contribution < 1.29 is 4.79 Å². The number of nitrogen functional groups attached to an aromatic ring is 1. The summed E-state index contributed by atoms with van der Waals surface area (Å²) in [5.41, 5.74) is 7.71. The van der Waals surface area contributed by atoms with E-state index in [1.807, 2.05) is 0 Å². The molecule has 5 heteroatoms. The van der Waals surface area contributed by atoms with E-state index in [1.165, 1.54) is 18.4 Å². The van der Waals surface area contributed by atoms with Crippen molar-refractivity contribution >= 4 is 11.7 Å². The smallest absolute Gasteiger partial charge is 0.255 e.